The molecule has 0 aromatic rings. The molecule has 1 rings (SSSR count). The van der Waals surface area contributed by atoms with E-state index in [0.717, 1.165) is 19.6 Å². The van der Waals surface area contributed by atoms with Crippen LogP contribution in [0.15, 0.2) is 12.7 Å². The summed E-state index contributed by atoms with van der Waals surface area (Å²) < 4.78 is 5.31. The fourth-order valence-corrected chi connectivity index (χ4v) is 1.17. The van der Waals surface area contributed by atoms with Gasteiger partial charge >= 0.3 is 0 Å². The molecule has 0 aromatic carbocycles. The molecule has 2 N–H and O–H groups in total. The monoisotopic (exact) mass is 127 g/mol. The van der Waals surface area contributed by atoms with Crippen LogP contribution >= 0.6 is 0 Å². The van der Waals surface area contributed by atoms with Crippen molar-refractivity contribution in [2.45, 2.75) is 12.5 Å². The Morgan fingerprint density at radius 2 is 2.56 bits per heavy atom. The highest BCUT2D eigenvalue weighted by molar-refractivity contribution is 4.89. The molecule has 1 aliphatic heterocycles. The van der Waals surface area contributed by atoms with Crippen molar-refractivity contribution in [2.24, 2.45) is 11.7 Å². The van der Waals surface area contributed by atoms with Gasteiger partial charge in [0.15, 0.2) is 0 Å². The molecule has 0 radical (unpaired) electrons. The van der Waals surface area contributed by atoms with E-state index in [1.54, 1.807) is 0 Å². The fraction of sp³-hybridized carbons (Fsp3) is 0.714. The second-order valence-electron chi connectivity index (χ2n) is 2.36. The molecule has 1 saturated heterocycles. The zero-order valence-electron chi connectivity index (χ0n) is 5.55. The molecule has 0 spiro atoms. The van der Waals surface area contributed by atoms with Crippen molar-refractivity contribution >= 4 is 0 Å². The van der Waals surface area contributed by atoms with Gasteiger partial charge in [0.1, 0.15) is 0 Å². The molecule has 0 amide bonds. The van der Waals surface area contributed by atoms with E-state index in [-0.39, 0.29) is 6.10 Å². The highest BCUT2D eigenvalue weighted by Crippen LogP contribution is 2.19. The van der Waals surface area contributed by atoms with Crippen molar-refractivity contribution in [1.82, 2.24) is 0 Å². The summed E-state index contributed by atoms with van der Waals surface area (Å²) in [6.07, 6.45) is 3.15. The first-order valence-electron chi connectivity index (χ1n) is 3.32. The SMILES string of the molecule is C=C[C@H]1OCC[C@@H]1CN. The third-order valence-electron chi connectivity index (χ3n) is 1.80. The molecule has 9 heavy (non-hydrogen) atoms. The fourth-order valence-electron chi connectivity index (χ4n) is 1.17. The first-order chi connectivity index (χ1) is 4.38. The van der Waals surface area contributed by atoms with Gasteiger partial charge in [-0.25, -0.2) is 0 Å². The van der Waals surface area contributed by atoms with E-state index in [0.29, 0.717) is 5.92 Å². The van der Waals surface area contributed by atoms with Crippen molar-refractivity contribution in [3.8, 4) is 0 Å². The molecule has 1 aliphatic rings. The predicted octanol–water partition coefficient (Wildman–Crippen LogP) is 0.536. The van der Waals surface area contributed by atoms with E-state index in [1.807, 2.05) is 6.08 Å². The molecule has 0 bridgehead atoms. The number of hydrogen-bond donors (Lipinski definition) is 1. The van der Waals surface area contributed by atoms with Crippen molar-refractivity contribution < 1.29 is 4.74 Å². The minimum Gasteiger partial charge on any atom is -0.374 e. The van der Waals surface area contributed by atoms with Crippen molar-refractivity contribution in [3.63, 3.8) is 0 Å². The van der Waals surface area contributed by atoms with Crippen molar-refractivity contribution in [1.29, 1.82) is 0 Å². The minimum atomic E-state index is 0.218. The number of rotatable bonds is 2. The molecule has 0 aromatic heterocycles. The average Bonchev–Trinajstić information content (AvgIpc) is 2.33. The second-order valence-corrected chi connectivity index (χ2v) is 2.36. The molecule has 2 nitrogen and oxygen atoms in total. The smallest absolute Gasteiger partial charge is 0.0794 e. The molecule has 0 saturated carbocycles. The number of nitrogens with two attached hydrogens (primary N) is 1. The molecule has 0 aliphatic carbocycles. The molecule has 52 valence electrons. The van der Waals surface area contributed by atoms with Crippen LogP contribution in [0.5, 0.6) is 0 Å². The highest BCUT2D eigenvalue weighted by Gasteiger charge is 2.23. The topological polar surface area (TPSA) is 35.2 Å². The van der Waals surface area contributed by atoms with Gasteiger partial charge in [-0.1, -0.05) is 6.08 Å². The van der Waals surface area contributed by atoms with Gasteiger partial charge in [-0.05, 0) is 13.0 Å². The third-order valence-corrected chi connectivity index (χ3v) is 1.80. The van der Waals surface area contributed by atoms with Crippen LogP contribution in [0.1, 0.15) is 6.42 Å². The lowest BCUT2D eigenvalue weighted by molar-refractivity contribution is 0.129. The van der Waals surface area contributed by atoms with Crippen LogP contribution in [0.4, 0.5) is 0 Å². The standard InChI is InChI=1S/C7H13NO/c1-2-7-6(5-8)3-4-9-7/h2,6-7H,1,3-5,8H2/t6-,7-/m1/s1. The summed E-state index contributed by atoms with van der Waals surface area (Å²) in [5.41, 5.74) is 5.47. The summed E-state index contributed by atoms with van der Waals surface area (Å²) in [4.78, 5) is 0. The first-order valence-corrected chi connectivity index (χ1v) is 3.32. The Balaban J connectivity index is 2.41. The minimum absolute atomic E-state index is 0.218. The van der Waals surface area contributed by atoms with Crippen LogP contribution in [-0.2, 0) is 4.74 Å². The zero-order valence-corrected chi connectivity index (χ0v) is 5.55. The summed E-state index contributed by atoms with van der Waals surface area (Å²) in [6.45, 7) is 5.23. The Bertz CT molecular complexity index is 103. The van der Waals surface area contributed by atoms with Gasteiger partial charge in [0, 0.05) is 12.5 Å². The van der Waals surface area contributed by atoms with E-state index in [1.165, 1.54) is 0 Å². The highest BCUT2D eigenvalue weighted by atomic mass is 16.5. The maximum Gasteiger partial charge on any atom is 0.0794 e. The maximum atomic E-state index is 5.47. The lowest BCUT2D eigenvalue weighted by Gasteiger charge is -2.10. The van der Waals surface area contributed by atoms with E-state index < -0.39 is 0 Å². The molecular formula is C7H13NO. The third kappa shape index (κ3) is 1.32. The van der Waals surface area contributed by atoms with E-state index in [4.69, 9.17) is 10.5 Å². The predicted molar refractivity (Wildman–Crippen MR) is 37.1 cm³/mol. The van der Waals surface area contributed by atoms with Crippen molar-refractivity contribution in [2.75, 3.05) is 13.2 Å². The maximum absolute atomic E-state index is 5.47. The Hall–Kier alpha value is -0.340. The van der Waals surface area contributed by atoms with Crippen LogP contribution in [0.25, 0.3) is 0 Å². The number of ether oxygens (including phenoxy) is 1. The van der Waals surface area contributed by atoms with Gasteiger partial charge in [0.2, 0.25) is 0 Å². The second kappa shape index (κ2) is 2.99. The molecule has 1 fully saturated rings. The van der Waals surface area contributed by atoms with Gasteiger partial charge in [-0.3, -0.25) is 0 Å². The Kier molecular flexibility index (Phi) is 2.25. The van der Waals surface area contributed by atoms with Gasteiger partial charge < -0.3 is 10.5 Å². The quantitative estimate of drug-likeness (QED) is 0.549. The molecule has 2 heteroatoms. The molecule has 2 atom stereocenters. The zero-order chi connectivity index (χ0) is 6.69. The summed E-state index contributed by atoms with van der Waals surface area (Å²) in [7, 11) is 0. The average molecular weight is 127 g/mol. The van der Waals surface area contributed by atoms with Crippen LogP contribution in [-0.4, -0.2) is 19.3 Å². The van der Waals surface area contributed by atoms with Gasteiger partial charge in [0.25, 0.3) is 0 Å². The van der Waals surface area contributed by atoms with Gasteiger partial charge in [-0.2, -0.15) is 0 Å². The van der Waals surface area contributed by atoms with E-state index in [9.17, 15) is 0 Å². The summed E-state index contributed by atoms with van der Waals surface area (Å²) in [5, 5.41) is 0. The van der Waals surface area contributed by atoms with E-state index >= 15 is 0 Å². The molecular weight excluding hydrogens is 114 g/mol. The van der Waals surface area contributed by atoms with Crippen LogP contribution in [0.2, 0.25) is 0 Å². The summed E-state index contributed by atoms with van der Waals surface area (Å²) >= 11 is 0. The summed E-state index contributed by atoms with van der Waals surface area (Å²) in [5.74, 6) is 0.516. The molecule has 1 heterocycles. The van der Waals surface area contributed by atoms with Crippen LogP contribution in [0, 0.1) is 5.92 Å². The first kappa shape index (κ1) is 6.78. The molecule has 0 unspecified atom stereocenters. The van der Waals surface area contributed by atoms with Gasteiger partial charge in [-0.15, -0.1) is 6.58 Å². The van der Waals surface area contributed by atoms with Gasteiger partial charge in [0.05, 0.1) is 6.10 Å². The largest absolute Gasteiger partial charge is 0.374 e. The number of hydrogen-bond acceptors (Lipinski definition) is 2. The van der Waals surface area contributed by atoms with Crippen LogP contribution < -0.4 is 5.73 Å². The normalized spacial score (nSPS) is 34.8. The Morgan fingerprint density at radius 3 is 3.00 bits per heavy atom. The van der Waals surface area contributed by atoms with Crippen molar-refractivity contribution in [3.05, 3.63) is 12.7 Å². The summed E-state index contributed by atoms with van der Waals surface area (Å²) in [6, 6.07) is 0. The lowest BCUT2D eigenvalue weighted by atomic mass is 10.0. The Labute approximate surface area is 55.7 Å². The van der Waals surface area contributed by atoms with E-state index in [2.05, 4.69) is 6.58 Å². The lowest BCUT2D eigenvalue weighted by Crippen LogP contribution is -2.21. The van der Waals surface area contributed by atoms with Crippen LogP contribution in [0.3, 0.4) is 0 Å². The Morgan fingerprint density at radius 1 is 1.78 bits per heavy atom.